The molecule has 23 heavy (non-hydrogen) atoms. The zero-order chi connectivity index (χ0) is 17.0. The van der Waals surface area contributed by atoms with Gasteiger partial charge in [-0.15, -0.1) is 0 Å². The van der Waals surface area contributed by atoms with Gasteiger partial charge in [0.05, 0.1) is 12.5 Å². The van der Waals surface area contributed by atoms with E-state index in [-0.39, 0.29) is 36.6 Å². The molecular weight excluding hydrogens is 296 g/mol. The first kappa shape index (κ1) is 16.9. The van der Waals surface area contributed by atoms with Crippen LogP contribution in [0.5, 0.6) is 0 Å². The van der Waals surface area contributed by atoms with Crippen LogP contribution in [0.4, 0.5) is 5.82 Å². The molecular formula is C16H22N4O3. The fourth-order valence-corrected chi connectivity index (χ4v) is 2.64. The molecule has 0 unspecified atom stereocenters. The molecule has 1 aliphatic rings. The van der Waals surface area contributed by atoms with Crippen LogP contribution in [0.25, 0.3) is 0 Å². The lowest BCUT2D eigenvalue weighted by Gasteiger charge is -2.20. The zero-order valence-electron chi connectivity index (χ0n) is 13.7. The molecule has 1 aliphatic heterocycles. The second-order valence-electron chi connectivity index (χ2n) is 5.79. The van der Waals surface area contributed by atoms with Crippen molar-refractivity contribution in [3.05, 3.63) is 23.9 Å². The number of likely N-dealkylation sites (N-methyl/N-ethyl adjacent to an activating group) is 1. The summed E-state index contributed by atoms with van der Waals surface area (Å²) < 4.78 is 0. The van der Waals surface area contributed by atoms with Gasteiger partial charge < -0.3 is 15.1 Å². The number of aromatic nitrogens is 1. The number of carbonyl (C=O) groups excluding carboxylic acids is 3. The normalized spacial score (nSPS) is 17.3. The maximum absolute atomic E-state index is 12.3. The van der Waals surface area contributed by atoms with Gasteiger partial charge in [0.25, 0.3) is 0 Å². The number of rotatable bonds is 5. The van der Waals surface area contributed by atoms with E-state index in [0.717, 1.165) is 5.56 Å². The van der Waals surface area contributed by atoms with Crippen molar-refractivity contribution in [1.82, 2.24) is 14.8 Å². The first-order chi connectivity index (χ1) is 10.9. The Morgan fingerprint density at radius 2 is 2.22 bits per heavy atom. The van der Waals surface area contributed by atoms with E-state index in [1.165, 1.54) is 4.90 Å². The van der Waals surface area contributed by atoms with E-state index in [0.29, 0.717) is 18.9 Å². The van der Waals surface area contributed by atoms with Crippen molar-refractivity contribution in [3.8, 4) is 0 Å². The minimum atomic E-state index is -0.364. The van der Waals surface area contributed by atoms with Crippen molar-refractivity contribution < 1.29 is 14.4 Å². The summed E-state index contributed by atoms with van der Waals surface area (Å²) in [7, 11) is 1.57. The van der Waals surface area contributed by atoms with Crippen LogP contribution in [0, 0.1) is 12.8 Å². The summed E-state index contributed by atoms with van der Waals surface area (Å²) in [5.74, 6) is -0.397. The van der Waals surface area contributed by atoms with Crippen molar-refractivity contribution in [2.45, 2.75) is 20.3 Å². The van der Waals surface area contributed by atoms with Crippen LogP contribution >= 0.6 is 0 Å². The Hall–Kier alpha value is -2.44. The topological polar surface area (TPSA) is 82.6 Å². The molecule has 2 rings (SSSR count). The van der Waals surface area contributed by atoms with E-state index in [9.17, 15) is 14.4 Å². The predicted molar refractivity (Wildman–Crippen MR) is 85.6 cm³/mol. The van der Waals surface area contributed by atoms with Crippen molar-refractivity contribution in [3.63, 3.8) is 0 Å². The zero-order valence-corrected chi connectivity index (χ0v) is 13.7. The number of anilines is 1. The van der Waals surface area contributed by atoms with Gasteiger partial charge in [-0.25, -0.2) is 4.98 Å². The van der Waals surface area contributed by atoms with E-state index >= 15 is 0 Å². The van der Waals surface area contributed by atoms with Gasteiger partial charge in [-0.3, -0.25) is 14.4 Å². The third-order valence-corrected chi connectivity index (χ3v) is 3.89. The Bertz CT molecular complexity index is 617. The standard InChI is InChI=1S/C16H22N4O3/c1-4-20-9-12(8-15(20)22)16(23)19(3)10-14(21)18-13-7-11(2)5-6-17-13/h5-7,12H,4,8-10H2,1-3H3,(H,17,18,21)/t12-/m0/s1. The second-order valence-corrected chi connectivity index (χ2v) is 5.79. The van der Waals surface area contributed by atoms with Crippen LogP contribution in [0.1, 0.15) is 18.9 Å². The minimum Gasteiger partial charge on any atom is -0.342 e. The summed E-state index contributed by atoms with van der Waals surface area (Å²) >= 11 is 0. The van der Waals surface area contributed by atoms with Gasteiger partial charge in [-0.2, -0.15) is 0 Å². The van der Waals surface area contributed by atoms with E-state index < -0.39 is 0 Å². The fraction of sp³-hybridized carbons (Fsp3) is 0.500. The third kappa shape index (κ3) is 4.28. The van der Waals surface area contributed by atoms with Gasteiger partial charge in [-0.05, 0) is 31.5 Å². The highest BCUT2D eigenvalue weighted by molar-refractivity contribution is 5.95. The van der Waals surface area contributed by atoms with Gasteiger partial charge in [0, 0.05) is 32.8 Å². The molecule has 0 radical (unpaired) electrons. The number of pyridine rings is 1. The molecule has 1 atom stereocenters. The molecule has 0 spiro atoms. The molecule has 1 N–H and O–H groups in total. The third-order valence-electron chi connectivity index (χ3n) is 3.89. The van der Waals surface area contributed by atoms with Gasteiger partial charge in [0.1, 0.15) is 5.82 Å². The Balaban J connectivity index is 1.88. The lowest BCUT2D eigenvalue weighted by atomic mass is 10.1. The van der Waals surface area contributed by atoms with Crippen LogP contribution in [0.2, 0.25) is 0 Å². The van der Waals surface area contributed by atoms with E-state index in [4.69, 9.17) is 0 Å². The summed E-state index contributed by atoms with van der Waals surface area (Å²) in [4.78, 5) is 43.1. The summed E-state index contributed by atoms with van der Waals surface area (Å²) in [6, 6.07) is 3.59. The predicted octanol–water partition coefficient (Wildman–Crippen LogP) is 0.655. The number of likely N-dealkylation sites (tertiary alicyclic amines) is 1. The Labute approximate surface area is 135 Å². The maximum Gasteiger partial charge on any atom is 0.245 e. The molecule has 124 valence electrons. The first-order valence-corrected chi connectivity index (χ1v) is 7.66. The molecule has 7 nitrogen and oxygen atoms in total. The lowest BCUT2D eigenvalue weighted by molar-refractivity contribution is -0.137. The molecule has 7 heteroatoms. The van der Waals surface area contributed by atoms with E-state index in [1.54, 1.807) is 24.2 Å². The van der Waals surface area contributed by atoms with E-state index in [1.807, 2.05) is 19.9 Å². The first-order valence-electron chi connectivity index (χ1n) is 7.66. The Kier molecular flexibility index (Phi) is 5.31. The second kappa shape index (κ2) is 7.21. The molecule has 2 heterocycles. The fourth-order valence-electron chi connectivity index (χ4n) is 2.64. The van der Waals surface area contributed by atoms with Crippen LogP contribution in [-0.2, 0) is 14.4 Å². The van der Waals surface area contributed by atoms with E-state index in [2.05, 4.69) is 10.3 Å². The van der Waals surface area contributed by atoms with Crippen LogP contribution in [0.3, 0.4) is 0 Å². The summed E-state index contributed by atoms with van der Waals surface area (Å²) in [6.07, 6.45) is 1.83. The SMILES string of the molecule is CCN1C[C@@H](C(=O)N(C)CC(=O)Nc2cc(C)ccn2)CC1=O. The van der Waals surface area contributed by atoms with Gasteiger partial charge in [0.2, 0.25) is 17.7 Å². The Morgan fingerprint density at radius 3 is 2.83 bits per heavy atom. The Morgan fingerprint density at radius 1 is 1.48 bits per heavy atom. The molecule has 0 aromatic carbocycles. The summed E-state index contributed by atoms with van der Waals surface area (Å²) in [5, 5.41) is 2.67. The molecule has 3 amide bonds. The van der Waals surface area contributed by atoms with Crippen molar-refractivity contribution in [2.75, 3.05) is 32.0 Å². The average Bonchev–Trinajstić information content (AvgIpc) is 2.87. The highest BCUT2D eigenvalue weighted by atomic mass is 16.2. The monoisotopic (exact) mass is 318 g/mol. The summed E-state index contributed by atoms with van der Waals surface area (Å²) in [6.45, 7) is 4.76. The molecule has 0 bridgehead atoms. The highest BCUT2D eigenvalue weighted by Gasteiger charge is 2.35. The molecule has 1 aromatic heterocycles. The summed E-state index contributed by atoms with van der Waals surface area (Å²) in [5.41, 5.74) is 0.990. The molecule has 1 aromatic rings. The molecule has 1 fully saturated rings. The largest absolute Gasteiger partial charge is 0.342 e. The number of carbonyl (C=O) groups is 3. The highest BCUT2D eigenvalue weighted by Crippen LogP contribution is 2.19. The lowest BCUT2D eigenvalue weighted by Crippen LogP contribution is -2.39. The van der Waals surface area contributed by atoms with Crippen molar-refractivity contribution in [1.29, 1.82) is 0 Å². The smallest absolute Gasteiger partial charge is 0.245 e. The number of aryl methyl sites for hydroxylation is 1. The number of nitrogens with zero attached hydrogens (tertiary/aromatic N) is 3. The number of hydrogen-bond donors (Lipinski definition) is 1. The van der Waals surface area contributed by atoms with Gasteiger partial charge in [-0.1, -0.05) is 0 Å². The van der Waals surface area contributed by atoms with Crippen LogP contribution in [0.15, 0.2) is 18.3 Å². The average molecular weight is 318 g/mol. The quantitative estimate of drug-likeness (QED) is 0.864. The maximum atomic E-state index is 12.3. The van der Waals surface area contributed by atoms with Gasteiger partial charge >= 0.3 is 0 Å². The minimum absolute atomic E-state index is 0.00679. The van der Waals surface area contributed by atoms with Crippen LogP contribution < -0.4 is 5.32 Å². The molecule has 0 aliphatic carbocycles. The van der Waals surface area contributed by atoms with Gasteiger partial charge in [0.15, 0.2) is 0 Å². The van der Waals surface area contributed by atoms with Crippen LogP contribution in [-0.4, -0.2) is 59.2 Å². The number of hydrogen-bond acceptors (Lipinski definition) is 4. The molecule has 0 saturated carbocycles. The molecule has 1 saturated heterocycles. The number of nitrogens with one attached hydrogen (secondary N) is 1. The van der Waals surface area contributed by atoms with Crippen molar-refractivity contribution >= 4 is 23.5 Å². The number of amides is 3. The van der Waals surface area contributed by atoms with Crippen molar-refractivity contribution in [2.24, 2.45) is 5.92 Å².